The fourth-order valence-corrected chi connectivity index (χ4v) is 5.69. The molecule has 1 aromatic carbocycles. The van der Waals surface area contributed by atoms with Crippen LogP contribution in [0.3, 0.4) is 0 Å². The second-order valence-corrected chi connectivity index (χ2v) is 8.75. The molecule has 4 heteroatoms. The molecule has 0 spiro atoms. The van der Waals surface area contributed by atoms with Crippen molar-refractivity contribution in [3.8, 4) is 0 Å². The first-order valence-corrected chi connectivity index (χ1v) is 9.62. The van der Waals surface area contributed by atoms with Gasteiger partial charge in [-0.3, -0.25) is 9.59 Å². The Labute approximate surface area is 149 Å². The number of nitrogens with one attached hydrogen (secondary N) is 2. The van der Waals surface area contributed by atoms with Gasteiger partial charge in [-0.05, 0) is 82.3 Å². The first-order chi connectivity index (χ1) is 11.9. The lowest BCUT2D eigenvalue weighted by Gasteiger charge is -2.55. The van der Waals surface area contributed by atoms with Crippen LogP contribution in [0.2, 0.25) is 0 Å². The molecule has 0 saturated heterocycles. The minimum Gasteiger partial charge on any atom is -0.344 e. The fraction of sp³-hybridized carbons (Fsp3) is 0.619. The third-order valence-electron chi connectivity index (χ3n) is 6.58. The molecule has 2 N–H and O–H groups in total. The van der Waals surface area contributed by atoms with E-state index in [0.717, 1.165) is 48.3 Å². The Morgan fingerprint density at radius 1 is 1.00 bits per heavy atom. The molecule has 1 unspecified atom stereocenters. The van der Waals surface area contributed by atoms with Crippen LogP contribution in [-0.4, -0.2) is 17.9 Å². The van der Waals surface area contributed by atoms with E-state index >= 15 is 0 Å². The number of amides is 2. The number of benzene rings is 1. The standard InChI is InChI=1S/C21H28N2O2/c1-13-3-5-18(6-4-13)23-19(24)14(2)22-20(25)21-10-15-7-16(11-21)9-17(8-15)12-21/h3-6,14-17H,7-12H2,1-2H3,(H,22,25)(H,23,24). The predicted octanol–water partition coefficient (Wildman–Crippen LogP) is 3.65. The van der Waals surface area contributed by atoms with Crippen LogP contribution in [0.4, 0.5) is 5.69 Å². The van der Waals surface area contributed by atoms with Gasteiger partial charge < -0.3 is 10.6 Å². The van der Waals surface area contributed by atoms with Gasteiger partial charge in [0.2, 0.25) is 11.8 Å². The van der Waals surface area contributed by atoms with Gasteiger partial charge in [0, 0.05) is 11.1 Å². The number of rotatable bonds is 4. The molecule has 4 fully saturated rings. The van der Waals surface area contributed by atoms with Gasteiger partial charge in [0.05, 0.1) is 0 Å². The molecular formula is C21H28N2O2. The van der Waals surface area contributed by atoms with Crippen molar-refractivity contribution >= 4 is 17.5 Å². The molecule has 4 saturated carbocycles. The SMILES string of the molecule is Cc1ccc(NC(=O)C(C)NC(=O)C23CC4CC(CC(C4)C2)C3)cc1. The summed E-state index contributed by atoms with van der Waals surface area (Å²) in [4.78, 5) is 25.5. The van der Waals surface area contributed by atoms with Crippen molar-refractivity contribution in [3.05, 3.63) is 29.8 Å². The van der Waals surface area contributed by atoms with Gasteiger partial charge in [-0.15, -0.1) is 0 Å². The van der Waals surface area contributed by atoms with Crippen LogP contribution >= 0.6 is 0 Å². The van der Waals surface area contributed by atoms with Crippen molar-refractivity contribution in [1.82, 2.24) is 5.32 Å². The van der Waals surface area contributed by atoms with Crippen molar-refractivity contribution in [2.45, 2.75) is 58.4 Å². The molecule has 0 radical (unpaired) electrons. The van der Waals surface area contributed by atoms with Crippen molar-refractivity contribution < 1.29 is 9.59 Å². The maximum atomic E-state index is 13.0. The average molecular weight is 340 g/mol. The van der Waals surface area contributed by atoms with Gasteiger partial charge in [-0.1, -0.05) is 17.7 Å². The average Bonchev–Trinajstić information content (AvgIpc) is 2.55. The largest absolute Gasteiger partial charge is 0.344 e. The van der Waals surface area contributed by atoms with Gasteiger partial charge in [-0.25, -0.2) is 0 Å². The van der Waals surface area contributed by atoms with Crippen LogP contribution in [0, 0.1) is 30.1 Å². The summed E-state index contributed by atoms with van der Waals surface area (Å²) in [5.41, 5.74) is 1.72. The zero-order valence-corrected chi connectivity index (χ0v) is 15.2. The third-order valence-corrected chi connectivity index (χ3v) is 6.58. The lowest BCUT2D eigenvalue weighted by molar-refractivity contribution is -0.147. The highest BCUT2D eigenvalue weighted by molar-refractivity contribution is 5.97. The highest BCUT2D eigenvalue weighted by atomic mass is 16.2. The molecule has 1 aromatic rings. The quantitative estimate of drug-likeness (QED) is 0.879. The Kier molecular flexibility index (Phi) is 4.09. The van der Waals surface area contributed by atoms with E-state index in [9.17, 15) is 9.59 Å². The molecule has 134 valence electrons. The topological polar surface area (TPSA) is 58.2 Å². The maximum absolute atomic E-state index is 13.0. The number of carbonyl (C=O) groups excluding carboxylic acids is 2. The lowest BCUT2D eigenvalue weighted by Crippen LogP contribution is -2.56. The first-order valence-electron chi connectivity index (χ1n) is 9.62. The fourth-order valence-electron chi connectivity index (χ4n) is 5.69. The van der Waals surface area contributed by atoms with Crippen LogP contribution in [0.5, 0.6) is 0 Å². The summed E-state index contributed by atoms with van der Waals surface area (Å²) in [5, 5.41) is 5.91. The summed E-state index contributed by atoms with van der Waals surface area (Å²) < 4.78 is 0. The number of anilines is 1. The Bertz CT molecular complexity index is 644. The summed E-state index contributed by atoms with van der Waals surface area (Å²) in [7, 11) is 0. The second-order valence-electron chi connectivity index (χ2n) is 8.75. The van der Waals surface area contributed by atoms with Gasteiger partial charge in [0.1, 0.15) is 6.04 Å². The van der Waals surface area contributed by atoms with Crippen LogP contribution in [0.15, 0.2) is 24.3 Å². The Hall–Kier alpha value is -1.84. The third kappa shape index (κ3) is 3.19. The summed E-state index contributed by atoms with van der Waals surface area (Å²) in [6, 6.07) is 7.20. The monoisotopic (exact) mass is 340 g/mol. The van der Waals surface area contributed by atoms with Crippen molar-refractivity contribution in [1.29, 1.82) is 0 Å². The first kappa shape index (κ1) is 16.6. The van der Waals surface area contributed by atoms with E-state index in [1.54, 1.807) is 6.92 Å². The van der Waals surface area contributed by atoms with E-state index in [1.807, 2.05) is 31.2 Å². The minimum atomic E-state index is -0.512. The normalized spacial score (nSPS) is 33.8. The Morgan fingerprint density at radius 2 is 1.52 bits per heavy atom. The van der Waals surface area contributed by atoms with Crippen molar-refractivity contribution in [2.75, 3.05) is 5.32 Å². The summed E-state index contributed by atoms with van der Waals surface area (Å²) >= 11 is 0. The van der Waals surface area contributed by atoms with E-state index in [2.05, 4.69) is 10.6 Å². The molecule has 4 aliphatic rings. The molecule has 4 nitrogen and oxygen atoms in total. The zero-order chi connectivity index (χ0) is 17.6. The van der Waals surface area contributed by atoms with E-state index in [-0.39, 0.29) is 17.2 Å². The minimum absolute atomic E-state index is 0.109. The Morgan fingerprint density at radius 3 is 2.04 bits per heavy atom. The molecule has 2 amide bonds. The van der Waals surface area contributed by atoms with Crippen LogP contribution in [0.25, 0.3) is 0 Å². The zero-order valence-electron chi connectivity index (χ0n) is 15.2. The number of aryl methyl sites for hydroxylation is 1. The van der Waals surface area contributed by atoms with Gasteiger partial charge in [0.25, 0.3) is 0 Å². The Balaban J connectivity index is 1.38. The molecule has 0 aromatic heterocycles. The van der Waals surface area contributed by atoms with Crippen molar-refractivity contribution in [3.63, 3.8) is 0 Å². The van der Waals surface area contributed by atoms with E-state index in [4.69, 9.17) is 0 Å². The van der Waals surface area contributed by atoms with E-state index in [0.29, 0.717) is 0 Å². The summed E-state index contributed by atoms with van der Waals surface area (Å²) in [6.07, 6.45) is 7.02. The summed E-state index contributed by atoms with van der Waals surface area (Å²) in [6.45, 7) is 3.79. The van der Waals surface area contributed by atoms with Gasteiger partial charge >= 0.3 is 0 Å². The van der Waals surface area contributed by atoms with Crippen LogP contribution in [-0.2, 0) is 9.59 Å². The van der Waals surface area contributed by atoms with E-state index < -0.39 is 6.04 Å². The van der Waals surface area contributed by atoms with Crippen LogP contribution < -0.4 is 10.6 Å². The predicted molar refractivity (Wildman–Crippen MR) is 98.0 cm³/mol. The van der Waals surface area contributed by atoms with Gasteiger partial charge in [-0.2, -0.15) is 0 Å². The summed E-state index contributed by atoms with van der Waals surface area (Å²) in [5.74, 6) is 2.15. The number of hydrogen-bond donors (Lipinski definition) is 2. The van der Waals surface area contributed by atoms with Gasteiger partial charge in [0.15, 0.2) is 0 Å². The maximum Gasteiger partial charge on any atom is 0.246 e. The molecule has 0 heterocycles. The molecule has 0 aliphatic heterocycles. The van der Waals surface area contributed by atoms with Crippen LogP contribution in [0.1, 0.15) is 51.0 Å². The molecule has 4 aliphatic carbocycles. The van der Waals surface area contributed by atoms with Crippen molar-refractivity contribution in [2.24, 2.45) is 23.2 Å². The molecule has 4 bridgehead atoms. The molecule has 25 heavy (non-hydrogen) atoms. The lowest BCUT2D eigenvalue weighted by atomic mass is 9.49. The second kappa shape index (κ2) is 6.15. The highest BCUT2D eigenvalue weighted by Gasteiger charge is 2.54. The number of hydrogen-bond acceptors (Lipinski definition) is 2. The molecule has 1 atom stereocenters. The number of carbonyl (C=O) groups is 2. The van der Waals surface area contributed by atoms with E-state index in [1.165, 1.54) is 19.3 Å². The highest BCUT2D eigenvalue weighted by Crippen LogP contribution is 2.60. The molecular weight excluding hydrogens is 312 g/mol. The molecule has 5 rings (SSSR count). The smallest absolute Gasteiger partial charge is 0.246 e.